The Kier molecular flexibility index (Phi) is 5.29. The summed E-state index contributed by atoms with van der Waals surface area (Å²) < 4.78 is 4.90. The van der Waals surface area contributed by atoms with Crippen molar-refractivity contribution < 1.29 is 9.53 Å². The Morgan fingerprint density at radius 3 is 2.86 bits per heavy atom. The zero-order chi connectivity index (χ0) is 15.1. The zero-order valence-electron chi connectivity index (χ0n) is 12.2. The number of hydrogen-bond acceptors (Lipinski definition) is 4. The number of anilines is 2. The molecule has 0 bridgehead atoms. The maximum atomic E-state index is 11.9. The van der Waals surface area contributed by atoms with Crippen molar-refractivity contribution in [2.45, 2.75) is 6.92 Å². The van der Waals surface area contributed by atoms with Gasteiger partial charge in [-0.25, -0.2) is 0 Å². The summed E-state index contributed by atoms with van der Waals surface area (Å²) in [6.45, 7) is 2.97. The van der Waals surface area contributed by atoms with Crippen LogP contribution in [0, 0.1) is 6.92 Å². The first-order valence-corrected chi connectivity index (χ1v) is 6.76. The van der Waals surface area contributed by atoms with Gasteiger partial charge in [-0.3, -0.25) is 9.78 Å². The fourth-order valence-electron chi connectivity index (χ4n) is 1.86. The minimum atomic E-state index is -0.208. The van der Waals surface area contributed by atoms with E-state index in [0.29, 0.717) is 18.8 Å². The normalized spacial score (nSPS) is 10.2. The highest BCUT2D eigenvalue weighted by molar-refractivity contribution is 5.93. The fourth-order valence-corrected chi connectivity index (χ4v) is 1.86. The van der Waals surface area contributed by atoms with Gasteiger partial charge in [0.05, 0.1) is 6.61 Å². The summed E-state index contributed by atoms with van der Waals surface area (Å²) in [7, 11) is 1.59. The molecular weight excluding hydrogens is 266 g/mol. The van der Waals surface area contributed by atoms with E-state index in [1.54, 1.807) is 19.4 Å². The topological polar surface area (TPSA) is 63.2 Å². The maximum absolute atomic E-state index is 11.9. The molecule has 0 aliphatic carbocycles. The number of ether oxygens (including phenoxy) is 1. The molecule has 0 radical (unpaired) electrons. The third-order valence-corrected chi connectivity index (χ3v) is 3.01. The number of rotatable bonds is 6. The number of carbonyl (C=O) groups excluding carboxylic acids is 1. The lowest BCUT2D eigenvalue weighted by Gasteiger charge is -2.10. The number of carbonyl (C=O) groups is 1. The van der Waals surface area contributed by atoms with Crippen LogP contribution in [0.2, 0.25) is 0 Å². The predicted molar refractivity (Wildman–Crippen MR) is 82.9 cm³/mol. The average Bonchev–Trinajstić information content (AvgIpc) is 2.50. The van der Waals surface area contributed by atoms with Gasteiger partial charge in [0.1, 0.15) is 5.69 Å². The Morgan fingerprint density at radius 1 is 1.29 bits per heavy atom. The molecule has 2 rings (SSSR count). The average molecular weight is 285 g/mol. The summed E-state index contributed by atoms with van der Waals surface area (Å²) in [5.74, 6) is -0.208. The predicted octanol–water partition coefficient (Wildman–Crippen LogP) is 2.51. The van der Waals surface area contributed by atoms with Gasteiger partial charge in [0.15, 0.2) is 0 Å². The van der Waals surface area contributed by atoms with Crippen molar-refractivity contribution in [3.8, 4) is 0 Å². The highest BCUT2D eigenvalue weighted by atomic mass is 16.5. The first-order valence-electron chi connectivity index (χ1n) is 6.76. The molecule has 0 saturated heterocycles. The molecule has 2 N–H and O–H groups in total. The number of hydrogen-bond donors (Lipinski definition) is 2. The van der Waals surface area contributed by atoms with Gasteiger partial charge in [0.25, 0.3) is 5.91 Å². The first kappa shape index (κ1) is 15.0. The van der Waals surface area contributed by atoms with Crippen molar-refractivity contribution >= 4 is 17.3 Å². The number of benzene rings is 1. The SMILES string of the molecule is COCCNC(=O)c1cc(Nc2ccccc2C)ccn1. The Hall–Kier alpha value is -2.40. The Bertz CT molecular complexity index is 614. The lowest BCUT2D eigenvalue weighted by molar-refractivity contribution is 0.0932. The Balaban J connectivity index is 2.07. The summed E-state index contributed by atoms with van der Waals surface area (Å²) in [6.07, 6.45) is 1.62. The van der Waals surface area contributed by atoms with Crippen LogP contribution in [0.4, 0.5) is 11.4 Å². The second-order valence-corrected chi connectivity index (χ2v) is 4.62. The molecule has 0 spiro atoms. The number of nitrogens with zero attached hydrogens (tertiary/aromatic N) is 1. The lowest BCUT2D eigenvalue weighted by atomic mass is 10.2. The maximum Gasteiger partial charge on any atom is 0.270 e. The van der Waals surface area contributed by atoms with Gasteiger partial charge >= 0.3 is 0 Å². The minimum Gasteiger partial charge on any atom is -0.383 e. The molecule has 0 aliphatic rings. The van der Waals surface area contributed by atoms with Crippen LogP contribution in [0.25, 0.3) is 0 Å². The van der Waals surface area contributed by atoms with E-state index < -0.39 is 0 Å². The zero-order valence-corrected chi connectivity index (χ0v) is 12.2. The molecule has 0 aliphatic heterocycles. The second kappa shape index (κ2) is 7.40. The van der Waals surface area contributed by atoms with E-state index in [0.717, 1.165) is 16.9 Å². The van der Waals surface area contributed by atoms with Gasteiger partial charge in [-0.05, 0) is 30.7 Å². The number of aryl methyl sites for hydroxylation is 1. The number of aromatic nitrogens is 1. The van der Waals surface area contributed by atoms with Crippen molar-refractivity contribution in [3.63, 3.8) is 0 Å². The van der Waals surface area contributed by atoms with Gasteiger partial charge in [0.2, 0.25) is 0 Å². The number of amides is 1. The van der Waals surface area contributed by atoms with Gasteiger partial charge in [0, 0.05) is 31.2 Å². The summed E-state index contributed by atoms with van der Waals surface area (Å²) >= 11 is 0. The Labute approximate surface area is 124 Å². The van der Waals surface area contributed by atoms with Crippen molar-refractivity contribution in [1.82, 2.24) is 10.3 Å². The highest BCUT2D eigenvalue weighted by Gasteiger charge is 2.07. The molecule has 5 nitrogen and oxygen atoms in total. The highest BCUT2D eigenvalue weighted by Crippen LogP contribution is 2.20. The molecule has 1 heterocycles. The van der Waals surface area contributed by atoms with Gasteiger partial charge in [-0.1, -0.05) is 18.2 Å². The third kappa shape index (κ3) is 4.29. The van der Waals surface area contributed by atoms with Crippen molar-refractivity contribution in [1.29, 1.82) is 0 Å². The van der Waals surface area contributed by atoms with E-state index in [4.69, 9.17) is 4.74 Å². The molecule has 0 atom stereocenters. The van der Waals surface area contributed by atoms with E-state index in [1.165, 1.54) is 0 Å². The first-order chi connectivity index (χ1) is 10.2. The van der Waals surface area contributed by atoms with Gasteiger partial charge < -0.3 is 15.4 Å². The van der Waals surface area contributed by atoms with Gasteiger partial charge in [-0.15, -0.1) is 0 Å². The van der Waals surface area contributed by atoms with Crippen LogP contribution in [0.3, 0.4) is 0 Å². The van der Waals surface area contributed by atoms with E-state index in [1.807, 2.05) is 37.3 Å². The number of pyridine rings is 1. The summed E-state index contributed by atoms with van der Waals surface area (Å²) in [6, 6.07) is 11.5. The number of methoxy groups -OCH3 is 1. The Morgan fingerprint density at radius 2 is 2.10 bits per heavy atom. The largest absolute Gasteiger partial charge is 0.383 e. The van der Waals surface area contributed by atoms with Crippen LogP contribution in [0.5, 0.6) is 0 Å². The molecule has 21 heavy (non-hydrogen) atoms. The summed E-state index contributed by atoms with van der Waals surface area (Å²) in [5, 5.41) is 6.04. The molecule has 110 valence electrons. The fraction of sp³-hybridized carbons (Fsp3) is 0.250. The molecule has 5 heteroatoms. The molecule has 1 amide bonds. The van der Waals surface area contributed by atoms with Crippen LogP contribution in [-0.2, 0) is 4.74 Å². The molecule has 2 aromatic rings. The van der Waals surface area contributed by atoms with Crippen LogP contribution in [0.1, 0.15) is 16.1 Å². The second-order valence-electron chi connectivity index (χ2n) is 4.62. The van der Waals surface area contributed by atoms with Gasteiger partial charge in [-0.2, -0.15) is 0 Å². The molecule has 1 aromatic carbocycles. The smallest absolute Gasteiger partial charge is 0.270 e. The molecule has 0 unspecified atom stereocenters. The summed E-state index contributed by atoms with van der Waals surface area (Å²) in [5.41, 5.74) is 3.36. The number of para-hydroxylation sites is 1. The standard InChI is InChI=1S/C16H19N3O2/c1-12-5-3-4-6-14(12)19-13-7-8-17-15(11-13)16(20)18-9-10-21-2/h3-8,11H,9-10H2,1-2H3,(H,17,19)(H,18,20). The van der Waals surface area contributed by atoms with E-state index in [9.17, 15) is 4.79 Å². The van der Waals surface area contributed by atoms with E-state index in [-0.39, 0.29) is 5.91 Å². The van der Waals surface area contributed by atoms with Crippen molar-refractivity contribution in [3.05, 3.63) is 53.9 Å². The number of nitrogens with one attached hydrogen (secondary N) is 2. The van der Waals surface area contributed by atoms with Crippen LogP contribution in [0.15, 0.2) is 42.6 Å². The molecule has 1 aromatic heterocycles. The third-order valence-electron chi connectivity index (χ3n) is 3.01. The van der Waals surface area contributed by atoms with Crippen LogP contribution in [-0.4, -0.2) is 31.2 Å². The molecule has 0 saturated carbocycles. The molecular formula is C16H19N3O2. The quantitative estimate of drug-likeness (QED) is 0.801. The van der Waals surface area contributed by atoms with Crippen LogP contribution < -0.4 is 10.6 Å². The minimum absolute atomic E-state index is 0.208. The molecule has 0 fully saturated rings. The van der Waals surface area contributed by atoms with E-state index >= 15 is 0 Å². The lowest BCUT2D eigenvalue weighted by Crippen LogP contribution is -2.27. The van der Waals surface area contributed by atoms with Crippen molar-refractivity contribution in [2.24, 2.45) is 0 Å². The monoisotopic (exact) mass is 285 g/mol. The van der Waals surface area contributed by atoms with Crippen LogP contribution >= 0.6 is 0 Å². The van der Waals surface area contributed by atoms with E-state index in [2.05, 4.69) is 15.6 Å². The summed E-state index contributed by atoms with van der Waals surface area (Å²) in [4.78, 5) is 16.0. The van der Waals surface area contributed by atoms with Crippen molar-refractivity contribution in [2.75, 3.05) is 25.6 Å².